The van der Waals surface area contributed by atoms with Crippen molar-refractivity contribution in [2.75, 3.05) is 13.6 Å². The van der Waals surface area contributed by atoms with Crippen molar-refractivity contribution in [2.24, 2.45) is 4.99 Å². The van der Waals surface area contributed by atoms with Crippen LogP contribution >= 0.6 is 24.0 Å². The summed E-state index contributed by atoms with van der Waals surface area (Å²) in [5.41, 5.74) is 0.470. The van der Waals surface area contributed by atoms with Crippen LogP contribution in [0.4, 0.5) is 4.79 Å². The molecule has 1 aromatic heterocycles. The number of hydrogen-bond donors (Lipinski definition) is 4. The Bertz CT molecular complexity index is 528. The second-order valence-corrected chi connectivity index (χ2v) is 6.87. The summed E-state index contributed by atoms with van der Waals surface area (Å²) in [6.07, 6.45) is 4.38. The average molecular weight is 480 g/mol. The molecule has 0 saturated heterocycles. The molecule has 26 heavy (non-hydrogen) atoms. The molecular formula is C17H33IN6O2. The fraction of sp³-hybridized carbons (Fsp3) is 0.706. The lowest BCUT2D eigenvalue weighted by Gasteiger charge is -2.24. The van der Waals surface area contributed by atoms with Crippen molar-refractivity contribution in [3.05, 3.63) is 18.0 Å². The van der Waals surface area contributed by atoms with Crippen LogP contribution in [0.3, 0.4) is 0 Å². The first-order valence-electron chi connectivity index (χ1n) is 8.76. The topological polar surface area (TPSA) is 103 Å². The van der Waals surface area contributed by atoms with Crippen molar-refractivity contribution in [1.82, 2.24) is 26.1 Å². The Balaban J connectivity index is 0.00000625. The second kappa shape index (κ2) is 12.8. The molecule has 8 nitrogen and oxygen atoms in total. The molecule has 0 aromatic carbocycles. The van der Waals surface area contributed by atoms with Crippen LogP contribution in [-0.2, 0) is 11.3 Å². The van der Waals surface area contributed by atoms with Crippen molar-refractivity contribution in [3.63, 3.8) is 0 Å². The van der Waals surface area contributed by atoms with Gasteiger partial charge >= 0.3 is 6.09 Å². The van der Waals surface area contributed by atoms with Gasteiger partial charge < -0.3 is 20.7 Å². The Labute approximate surface area is 173 Å². The SMILES string of the molecule is CCCCC(CNC(=O)OC(C)(C)C)NC(=NC)NCc1ccn[nH]1.I. The minimum Gasteiger partial charge on any atom is -0.444 e. The number of hydrogen-bond acceptors (Lipinski definition) is 4. The Kier molecular flexibility index (Phi) is 12.0. The molecule has 1 unspecified atom stereocenters. The van der Waals surface area contributed by atoms with Gasteiger partial charge in [-0.05, 0) is 33.3 Å². The number of carbonyl (C=O) groups excluding carboxylic acids is 1. The highest BCUT2D eigenvalue weighted by Gasteiger charge is 2.18. The summed E-state index contributed by atoms with van der Waals surface area (Å²) < 4.78 is 5.29. The molecule has 1 amide bonds. The summed E-state index contributed by atoms with van der Waals surface area (Å²) in [7, 11) is 1.72. The quantitative estimate of drug-likeness (QED) is 0.260. The van der Waals surface area contributed by atoms with E-state index in [1.807, 2.05) is 26.8 Å². The molecule has 1 rings (SSSR count). The fourth-order valence-electron chi connectivity index (χ4n) is 2.15. The van der Waals surface area contributed by atoms with E-state index in [9.17, 15) is 4.79 Å². The van der Waals surface area contributed by atoms with E-state index in [0.717, 1.165) is 25.0 Å². The number of nitrogens with one attached hydrogen (secondary N) is 4. The van der Waals surface area contributed by atoms with Crippen molar-refractivity contribution in [3.8, 4) is 0 Å². The average Bonchev–Trinajstić information content (AvgIpc) is 3.05. The minimum absolute atomic E-state index is 0. The van der Waals surface area contributed by atoms with Crippen molar-refractivity contribution >= 4 is 36.0 Å². The van der Waals surface area contributed by atoms with Crippen molar-refractivity contribution in [2.45, 2.75) is 65.1 Å². The van der Waals surface area contributed by atoms with Crippen LogP contribution in [0.15, 0.2) is 17.3 Å². The lowest BCUT2D eigenvalue weighted by molar-refractivity contribution is 0.0523. The molecule has 1 atom stereocenters. The third-order valence-electron chi connectivity index (χ3n) is 3.37. The number of rotatable bonds is 8. The zero-order valence-corrected chi connectivity index (χ0v) is 18.7. The number of halogens is 1. The lowest BCUT2D eigenvalue weighted by atomic mass is 10.1. The van der Waals surface area contributed by atoms with Crippen LogP contribution in [0.5, 0.6) is 0 Å². The Morgan fingerprint density at radius 3 is 2.65 bits per heavy atom. The highest BCUT2D eigenvalue weighted by Crippen LogP contribution is 2.07. The number of carbonyl (C=O) groups is 1. The van der Waals surface area contributed by atoms with Crippen LogP contribution < -0.4 is 16.0 Å². The normalized spacial score (nSPS) is 12.7. The number of amides is 1. The van der Waals surface area contributed by atoms with Crippen LogP contribution in [0.2, 0.25) is 0 Å². The highest BCUT2D eigenvalue weighted by molar-refractivity contribution is 14.0. The first-order chi connectivity index (χ1) is 11.8. The predicted molar refractivity (Wildman–Crippen MR) is 115 cm³/mol. The minimum atomic E-state index is -0.502. The first-order valence-corrected chi connectivity index (χ1v) is 8.76. The summed E-state index contributed by atoms with van der Waals surface area (Å²) in [4.78, 5) is 16.1. The molecule has 0 aliphatic rings. The third kappa shape index (κ3) is 11.2. The Morgan fingerprint density at radius 2 is 2.12 bits per heavy atom. The lowest BCUT2D eigenvalue weighted by Crippen LogP contribution is -2.48. The second-order valence-electron chi connectivity index (χ2n) is 6.87. The molecule has 0 spiro atoms. The molecule has 1 heterocycles. The van der Waals surface area contributed by atoms with Gasteiger partial charge in [-0.2, -0.15) is 5.10 Å². The van der Waals surface area contributed by atoms with Crippen LogP contribution in [-0.4, -0.2) is 47.5 Å². The molecule has 0 aliphatic carbocycles. The molecule has 0 radical (unpaired) electrons. The highest BCUT2D eigenvalue weighted by atomic mass is 127. The number of aliphatic imine (C=N–C) groups is 1. The monoisotopic (exact) mass is 480 g/mol. The third-order valence-corrected chi connectivity index (χ3v) is 3.37. The number of ether oxygens (including phenoxy) is 1. The number of aromatic nitrogens is 2. The van der Waals surface area contributed by atoms with Gasteiger partial charge in [-0.3, -0.25) is 10.1 Å². The number of alkyl carbamates (subject to hydrolysis) is 1. The van der Waals surface area contributed by atoms with Gasteiger partial charge in [0.25, 0.3) is 0 Å². The first kappa shape index (κ1) is 24.5. The molecule has 0 fully saturated rings. The summed E-state index contributed by atoms with van der Waals surface area (Å²) in [6.45, 7) is 8.75. The smallest absolute Gasteiger partial charge is 0.407 e. The van der Waals surface area contributed by atoms with Gasteiger partial charge in [0.1, 0.15) is 5.60 Å². The van der Waals surface area contributed by atoms with Gasteiger partial charge in [-0.15, -0.1) is 24.0 Å². The maximum atomic E-state index is 11.9. The summed E-state index contributed by atoms with van der Waals surface area (Å²) in [5.74, 6) is 0.682. The molecule has 0 saturated carbocycles. The van der Waals surface area contributed by atoms with Gasteiger partial charge in [-0.25, -0.2) is 4.79 Å². The molecular weight excluding hydrogens is 447 g/mol. The van der Waals surface area contributed by atoms with Gasteiger partial charge in [0.2, 0.25) is 0 Å². The summed E-state index contributed by atoms with van der Waals surface area (Å²) in [6, 6.07) is 1.97. The van der Waals surface area contributed by atoms with E-state index in [0.29, 0.717) is 19.0 Å². The standard InChI is InChI=1S/C17H32N6O2.HI/c1-6-7-8-13(11-20-16(24)25-17(2,3)4)22-15(18-5)19-12-14-9-10-21-23-14;/h9-10,13H,6-8,11-12H2,1-5H3,(H,20,24)(H,21,23)(H2,18,19,22);1H. The number of unbranched alkanes of at least 4 members (excludes halogenated alkanes) is 1. The maximum absolute atomic E-state index is 11.9. The van der Waals surface area contributed by atoms with Gasteiger partial charge in [-0.1, -0.05) is 19.8 Å². The van der Waals surface area contributed by atoms with E-state index >= 15 is 0 Å². The largest absolute Gasteiger partial charge is 0.444 e. The van der Waals surface area contributed by atoms with E-state index in [1.165, 1.54) is 0 Å². The van der Waals surface area contributed by atoms with Crippen molar-refractivity contribution in [1.29, 1.82) is 0 Å². The van der Waals surface area contributed by atoms with E-state index in [-0.39, 0.29) is 30.0 Å². The molecule has 1 aromatic rings. The molecule has 0 bridgehead atoms. The van der Waals surface area contributed by atoms with E-state index in [2.05, 4.69) is 38.1 Å². The molecule has 4 N–H and O–H groups in total. The Morgan fingerprint density at radius 1 is 1.38 bits per heavy atom. The van der Waals surface area contributed by atoms with Gasteiger partial charge in [0.15, 0.2) is 5.96 Å². The zero-order valence-electron chi connectivity index (χ0n) is 16.4. The van der Waals surface area contributed by atoms with Crippen molar-refractivity contribution < 1.29 is 9.53 Å². The van der Waals surface area contributed by atoms with E-state index < -0.39 is 11.7 Å². The number of aromatic amines is 1. The molecule has 0 aliphatic heterocycles. The molecule has 150 valence electrons. The van der Waals surface area contributed by atoms with Gasteiger partial charge in [0, 0.05) is 25.8 Å². The Hall–Kier alpha value is -1.52. The van der Waals surface area contributed by atoms with Crippen LogP contribution in [0.1, 0.15) is 52.7 Å². The predicted octanol–water partition coefficient (Wildman–Crippen LogP) is 2.78. The zero-order chi connectivity index (χ0) is 18.7. The number of H-pyrrole nitrogens is 1. The summed E-state index contributed by atoms with van der Waals surface area (Å²) in [5, 5.41) is 16.2. The fourth-order valence-corrected chi connectivity index (χ4v) is 2.15. The number of guanidine groups is 1. The summed E-state index contributed by atoms with van der Waals surface area (Å²) >= 11 is 0. The van der Waals surface area contributed by atoms with E-state index in [4.69, 9.17) is 4.74 Å². The molecule has 9 heteroatoms. The van der Waals surface area contributed by atoms with Crippen LogP contribution in [0.25, 0.3) is 0 Å². The maximum Gasteiger partial charge on any atom is 0.407 e. The number of nitrogens with zero attached hydrogens (tertiary/aromatic N) is 2. The van der Waals surface area contributed by atoms with Crippen LogP contribution in [0, 0.1) is 0 Å². The van der Waals surface area contributed by atoms with E-state index in [1.54, 1.807) is 13.2 Å². The van der Waals surface area contributed by atoms with Gasteiger partial charge in [0.05, 0.1) is 12.2 Å².